The van der Waals surface area contributed by atoms with E-state index >= 15 is 0 Å². The van der Waals surface area contributed by atoms with Crippen LogP contribution < -0.4 is 5.32 Å². The van der Waals surface area contributed by atoms with Gasteiger partial charge in [0.1, 0.15) is 12.1 Å². The summed E-state index contributed by atoms with van der Waals surface area (Å²) in [4.78, 5) is 23.8. The molecule has 1 fully saturated rings. The minimum atomic E-state index is -1.03. The third kappa shape index (κ3) is 5.96. The van der Waals surface area contributed by atoms with Gasteiger partial charge in [0, 0.05) is 6.42 Å². The van der Waals surface area contributed by atoms with Gasteiger partial charge < -0.3 is 15.2 Å². The largest absolute Gasteiger partial charge is 0.480 e. The van der Waals surface area contributed by atoms with E-state index in [0.717, 1.165) is 31.2 Å². The van der Waals surface area contributed by atoms with E-state index in [1.165, 1.54) is 12.8 Å². The summed E-state index contributed by atoms with van der Waals surface area (Å²) < 4.78 is 5.86. The fraction of sp³-hybridized carbons (Fsp3) is 0.579. The van der Waals surface area contributed by atoms with Crippen molar-refractivity contribution in [2.45, 2.75) is 70.1 Å². The molecule has 1 aliphatic rings. The number of aliphatic carboxylic acids is 1. The second-order valence-electron chi connectivity index (χ2n) is 6.48. The molecule has 0 aromatic heterocycles. The maximum absolute atomic E-state index is 12.3. The van der Waals surface area contributed by atoms with Gasteiger partial charge >= 0.3 is 5.97 Å². The Morgan fingerprint density at radius 1 is 1.17 bits per heavy atom. The lowest BCUT2D eigenvalue weighted by Gasteiger charge is -2.22. The second-order valence-corrected chi connectivity index (χ2v) is 6.48. The molecule has 0 heterocycles. The molecule has 132 valence electrons. The lowest BCUT2D eigenvalue weighted by atomic mass is 10.1. The molecular weight excluding hydrogens is 306 g/mol. The predicted molar refractivity (Wildman–Crippen MR) is 91.7 cm³/mol. The third-order valence-corrected chi connectivity index (χ3v) is 4.47. The minimum Gasteiger partial charge on any atom is -0.480 e. The summed E-state index contributed by atoms with van der Waals surface area (Å²) in [5.74, 6) is -1.39. The molecule has 1 aliphatic carbocycles. The molecule has 2 rings (SSSR count). The van der Waals surface area contributed by atoms with E-state index in [9.17, 15) is 14.7 Å². The van der Waals surface area contributed by atoms with E-state index < -0.39 is 18.1 Å². The van der Waals surface area contributed by atoms with Gasteiger partial charge in [0.2, 0.25) is 5.91 Å². The average molecular weight is 333 g/mol. The van der Waals surface area contributed by atoms with Crippen LogP contribution in [0.1, 0.15) is 51.0 Å². The molecule has 5 nitrogen and oxygen atoms in total. The van der Waals surface area contributed by atoms with Crippen LogP contribution in [-0.2, 0) is 20.7 Å². The van der Waals surface area contributed by atoms with E-state index in [-0.39, 0.29) is 18.4 Å². The molecule has 1 aromatic carbocycles. The highest BCUT2D eigenvalue weighted by molar-refractivity contribution is 5.86. The summed E-state index contributed by atoms with van der Waals surface area (Å²) in [5.41, 5.74) is 0.877. The topological polar surface area (TPSA) is 75.6 Å². The van der Waals surface area contributed by atoms with E-state index in [1.54, 1.807) is 6.92 Å². The Balaban J connectivity index is 1.88. The van der Waals surface area contributed by atoms with E-state index in [4.69, 9.17) is 4.74 Å². The van der Waals surface area contributed by atoms with Gasteiger partial charge in [-0.3, -0.25) is 4.79 Å². The predicted octanol–water partition coefficient (Wildman–Crippen LogP) is 2.93. The molecule has 1 unspecified atom stereocenters. The molecule has 1 saturated carbocycles. The molecular formula is C19H27NO4. The maximum atomic E-state index is 12.3. The molecule has 0 bridgehead atoms. The van der Waals surface area contributed by atoms with Crippen molar-refractivity contribution in [3.05, 3.63) is 35.9 Å². The summed E-state index contributed by atoms with van der Waals surface area (Å²) in [6.07, 6.45) is 6.38. The zero-order valence-electron chi connectivity index (χ0n) is 14.2. The van der Waals surface area contributed by atoms with Crippen LogP contribution >= 0.6 is 0 Å². The molecule has 5 heteroatoms. The first kappa shape index (κ1) is 18.5. The van der Waals surface area contributed by atoms with Gasteiger partial charge in [-0.2, -0.15) is 0 Å². The van der Waals surface area contributed by atoms with Crippen LogP contribution in [0.5, 0.6) is 0 Å². The van der Waals surface area contributed by atoms with Gasteiger partial charge in [0.15, 0.2) is 0 Å². The van der Waals surface area contributed by atoms with Crippen LogP contribution in [0.25, 0.3) is 0 Å². The van der Waals surface area contributed by atoms with Crippen molar-refractivity contribution in [3.8, 4) is 0 Å². The molecule has 0 spiro atoms. The quantitative estimate of drug-likeness (QED) is 0.752. The fourth-order valence-electron chi connectivity index (χ4n) is 3.07. The SMILES string of the molecule is CC(OC1CCCCCC1)C(=O)N[C@@H](Cc1ccccc1)C(=O)O. The van der Waals surface area contributed by atoms with Crippen molar-refractivity contribution in [2.24, 2.45) is 0 Å². The lowest BCUT2D eigenvalue weighted by Crippen LogP contribution is -2.47. The summed E-state index contributed by atoms with van der Waals surface area (Å²) in [6.45, 7) is 1.70. The molecule has 0 saturated heterocycles. The molecule has 24 heavy (non-hydrogen) atoms. The van der Waals surface area contributed by atoms with Crippen LogP contribution in [0, 0.1) is 0 Å². The minimum absolute atomic E-state index is 0.102. The highest BCUT2D eigenvalue weighted by Crippen LogP contribution is 2.21. The van der Waals surface area contributed by atoms with E-state index in [2.05, 4.69) is 5.32 Å². The van der Waals surface area contributed by atoms with Crippen LogP contribution in [0.3, 0.4) is 0 Å². The number of benzene rings is 1. The zero-order valence-corrected chi connectivity index (χ0v) is 14.2. The third-order valence-electron chi connectivity index (χ3n) is 4.47. The van der Waals surface area contributed by atoms with Crippen molar-refractivity contribution >= 4 is 11.9 Å². The Kier molecular flexibility index (Phi) is 7.25. The molecule has 0 radical (unpaired) electrons. The first-order valence-corrected chi connectivity index (χ1v) is 8.79. The van der Waals surface area contributed by atoms with Crippen molar-refractivity contribution in [3.63, 3.8) is 0 Å². The standard InChI is InChI=1S/C19H27NO4/c1-14(24-16-11-7-2-3-8-12-16)18(21)20-17(19(22)23)13-15-9-5-4-6-10-15/h4-6,9-10,14,16-17H,2-3,7-8,11-13H2,1H3,(H,20,21)(H,22,23)/t14?,17-/m0/s1. The molecule has 1 amide bonds. The van der Waals surface area contributed by atoms with Crippen LogP contribution in [0.4, 0.5) is 0 Å². The van der Waals surface area contributed by atoms with E-state index in [1.807, 2.05) is 30.3 Å². The van der Waals surface area contributed by atoms with E-state index in [0.29, 0.717) is 0 Å². The average Bonchev–Trinajstić information content (AvgIpc) is 2.83. The van der Waals surface area contributed by atoms with Gasteiger partial charge in [-0.25, -0.2) is 4.79 Å². The number of carboxylic acid groups (broad SMARTS) is 1. The lowest BCUT2D eigenvalue weighted by molar-refractivity contribution is -0.145. The molecule has 2 N–H and O–H groups in total. The fourth-order valence-corrected chi connectivity index (χ4v) is 3.07. The van der Waals surface area contributed by atoms with Crippen LogP contribution in [-0.4, -0.2) is 35.2 Å². The van der Waals surface area contributed by atoms with Crippen molar-refractivity contribution in [1.82, 2.24) is 5.32 Å². The Morgan fingerprint density at radius 3 is 2.38 bits per heavy atom. The van der Waals surface area contributed by atoms with Gasteiger partial charge in [-0.15, -0.1) is 0 Å². The van der Waals surface area contributed by atoms with Gasteiger partial charge in [0.05, 0.1) is 6.10 Å². The zero-order chi connectivity index (χ0) is 17.4. The molecule has 0 aliphatic heterocycles. The number of carboxylic acids is 1. The van der Waals surface area contributed by atoms with Crippen molar-refractivity contribution in [2.75, 3.05) is 0 Å². The monoisotopic (exact) mass is 333 g/mol. The Bertz CT molecular complexity index is 523. The smallest absolute Gasteiger partial charge is 0.326 e. The number of carbonyl (C=O) groups excluding carboxylic acids is 1. The highest BCUT2D eigenvalue weighted by Gasteiger charge is 2.25. The summed E-state index contributed by atoms with van der Waals surface area (Å²) in [6, 6.07) is 8.35. The number of amides is 1. The summed E-state index contributed by atoms with van der Waals surface area (Å²) in [7, 11) is 0. The van der Waals surface area contributed by atoms with Crippen molar-refractivity contribution in [1.29, 1.82) is 0 Å². The Morgan fingerprint density at radius 2 is 1.79 bits per heavy atom. The maximum Gasteiger partial charge on any atom is 0.326 e. The number of ether oxygens (including phenoxy) is 1. The van der Waals surface area contributed by atoms with Gasteiger partial charge in [-0.1, -0.05) is 56.0 Å². The number of rotatable bonds is 7. The highest BCUT2D eigenvalue weighted by atomic mass is 16.5. The number of hydrogen-bond acceptors (Lipinski definition) is 3. The molecule has 2 atom stereocenters. The summed E-state index contributed by atoms with van der Waals surface area (Å²) in [5, 5.41) is 12.0. The number of nitrogens with one attached hydrogen (secondary N) is 1. The van der Waals surface area contributed by atoms with Gasteiger partial charge in [0.25, 0.3) is 0 Å². The Labute approximate surface area is 143 Å². The second kappa shape index (κ2) is 9.42. The van der Waals surface area contributed by atoms with Crippen molar-refractivity contribution < 1.29 is 19.4 Å². The number of carbonyl (C=O) groups is 2. The Hall–Kier alpha value is -1.88. The first-order valence-electron chi connectivity index (χ1n) is 8.79. The van der Waals surface area contributed by atoms with Gasteiger partial charge in [-0.05, 0) is 25.3 Å². The number of hydrogen-bond donors (Lipinski definition) is 2. The van der Waals surface area contributed by atoms with Crippen LogP contribution in [0.15, 0.2) is 30.3 Å². The first-order chi connectivity index (χ1) is 11.6. The van der Waals surface area contributed by atoms with Crippen LogP contribution in [0.2, 0.25) is 0 Å². The normalized spacial score (nSPS) is 18.4. The summed E-state index contributed by atoms with van der Waals surface area (Å²) >= 11 is 0. The molecule has 1 aromatic rings.